The van der Waals surface area contributed by atoms with Crippen molar-refractivity contribution in [1.29, 1.82) is 0 Å². The molecule has 0 fully saturated rings. The van der Waals surface area contributed by atoms with Crippen molar-refractivity contribution in [2.75, 3.05) is 5.32 Å². The van der Waals surface area contributed by atoms with Crippen LogP contribution in [0, 0.1) is 5.82 Å². The molecule has 0 radical (unpaired) electrons. The average Bonchev–Trinajstić information content (AvgIpc) is 2.94. The average molecular weight is 374 g/mol. The van der Waals surface area contributed by atoms with Crippen LogP contribution < -0.4 is 5.32 Å². The number of carbonyl (C=O) groups excluding carboxylic acids is 1. The van der Waals surface area contributed by atoms with E-state index in [4.69, 9.17) is 11.6 Å². The number of fused-ring (bicyclic) bond motifs is 3. The molecule has 1 aromatic heterocycles. The Bertz CT molecular complexity index is 985. The molecule has 1 amide bonds. The molecule has 4 rings (SSSR count). The molecule has 4 nitrogen and oxygen atoms in total. The number of thioether (sulfide) groups is 1. The number of rotatable bonds is 2. The van der Waals surface area contributed by atoms with Crippen LogP contribution in [0.3, 0.4) is 0 Å². The first kappa shape index (κ1) is 16.2. The zero-order valence-electron chi connectivity index (χ0n) is 13.2. The van der Waals surface area contributed by atoms with Gasteiger partial charge in [0.15, 0.2) is 5.69 Å². The fourth-order valence-electron chi connectivity index (χ4n) is 2.91. The summed E-state index contributed by atoms with van der Waals surface area (Å²) in [5, 5.41) is 7.82. The Morgan fingerprint density at radius 1 is 1.28 bits per heavy atom. The monoisotopic (exact) mass is 373 g/mol. The van der Waals surface area contributed by atoms with Crippen molar-refractivity contribution in [3.8, 4) is 11.3 Å². The van der Waals surface area contributed by atoms with E-state index < -0.39 is 0 Å². The Hall–Kier alpha value is -2.31. The molecule has 7 heteroatoms. The number of hydrogen-bond acceptors (Lipinski definition) is 3. The van der Waals surface area contributed by atoms with E-state index in [0.717, 1.165) is 21.7 Å². The standard InChI is InChI=1S/C18H13ClFN3OS/c1-23-17-13-8-10(19)2-7-15(13)25-9-14(17)16(22-23)18(24)21-12-5-3-11(20)4-6-12/h2-8H,9H2,1H3,(H,21,24). The molecular formula is C18H13ClFN3OS. The van der Waals surface area contributed by atoms with Gasteiger partial charge in [0.05, 0.1) is 5.69 Å². The number of anilines is 1. The number of aromatic nitrogens is 2. The van der Waals surface area contributed by atoms with Gasteiger partial charge in [-0.1, -0.05) is 11.6 Å². The van der Waals surface area contributed by atoms with Gasteiger partial charge >= 0.3 is 0 Å². The predicted octanol–water partition coefficient (Wildman–Crippen LogP) is 4.74. The van der Waals surface area contributed by atoms with Crippen LogP contribution in [0.15, 0.2) is 47.4 Å². The highest BCUT2D eigenvalue weighted by molar-refractivity contribution is 7.98. The smallest absolute Gasteiger partial charge is 0.276 e. The van der Waals surface area contributed by atoms with Crippen molar-refractivity contribution >= 4 is 35.0 Å². The predicted molar refractivity (Wildman–Crippen MR) is 97.6 cm³/mol. The van der Waals surface area contributed by atoms with Crippen LogP contribution in [0.25, 0.3) is 11.3 Å². The Morgan fingerprint density at radius 2 is 2.04 bits per heavy atom. The highest BCUT2D eigenvalue weighted by Crippen LogP contribution is 2.43. The summed E-state index contributed by atoms with van der Waals surface area (Å²) < 4.78 is 14.7. The van der Waals surface area contributed by atoms with Gasteiger partial charge in [-0.15, -0.1) is 11.8 Å². The molecule has 0 bridgehead atoms. The van der Waals surface area contributed by atoms with Crippen LogP contribution in [0.4, 0.5) is 10.1 Å². The van der Waals surface area contributed by atoms with Crippen molar-refractivity contribution in [3.05, 3.63) is 64.6 Å². The molecule has 0 saturated carbocycles. The first-order valence-electron chi connectivity index (χ1n) is 7.58. The molecule has 0 saturated heterocycles. The topological polar surface area (TPSA) is 46.9 Å². The summed E-state index contributed by atoms with van der Waals surface area (Å²) >= 11 is 7.79. The van der Waals surface area contributed by atoms with E-state index in [2.05, 4.69) is 10.4 Å². The summed E-state index contributed by atoms with van der Waals surface area (Å²) in [6.07, 6.45) is 0. The van der Waals surface area contributed by atoms with Crippen LogP contribution in [0.2, 0.25) is 5.02 Å². The molecule has 1 aliphatic heterocycles. The first-order chi connectivity index (χ1) is 12.0. The van der Waals surface area contributed by atoms with E-state index in [9.17, 15) is 9.18 Å². The molecule has 1 N–H and O–H groups in total. The second-order valence-electron chi connectivity index (χ2n) is 5.69. The zero-order chi connectivity index (χ0) is 17.6. The highest BCUT2D eigenvalue weighted by atomic mass is 35.5. The van der Waals surface area contributed by atoms with Crippen molar-refractivity contribution < 1.29 is 9.18 Å². The van der Waals surface area contributed by atoms with Gasteiger partial charge in [0, 0.05) is 39.5 Å². The van der Waals surface area contributed by atoms with Crippen LogP contribution in [-0.4, -0.2) is 15.7 Å². The van der Waals surface area contributed by atoms with Gasteiger partial charge in [-0.3, -0.25) is 9.48 Å². The Kier molecular flexibility index (Phi) is 4.01. The van der Waals surface area contributed by atoms with Crippen LogP contribution in [0.5, 0.6) is 0 Å². The fourth-order valence-corrected chi connectivity index (χ4v) is 4.13. The number of nitrogens with one attached hydrogen (secondary N) is 1. The lowest BCUT2D eigenvalue weighted by molar-refractivity contribution is 0.102. The summed E-state index contributed by atoms with van der Waals surface area (Å²) in [6.45, 7) is 0. The van der Waals surface area contributed by atoms with Crippen LogP contribution in [0.1, 0.15) is 16.1 Å². The third kappa shape index (κ3) is 2.92. The SMILES string of the molecule is Cn1nc(C(=O)Nc2ccc(F)cc2)c2c1-c1cc(Cl)ccc1SC2. The minimum Gasteiger partial charge on any atom is -0.321 e. The lowest BCUT2D eigenvalue weighted by atomic mass is 10.1. The first-order valence-corrected chi connectivity index (χ1v) is 8.95. The number of nitrogens with zero attached hydrogens (tertiary/aromatic N) is 2. The van der Waals surface area contributed by atoms with Crippen molar-refractivity contribution in [1.82, 2.24) is 9.78 Å². The maximum atomic E-state index is 13.0. The molecule has 1 aliphatic rings. The number of carbonyl (C=O) groups is 1. The molecule has 0 aliphatic carbocycles. The summed E-state index contributed by atoms with van der Waals surface area (Å²) in [7, 11) is 1.81. The van der Waals surface area contributed by atoms with Gasteiger partial charge in [-0.05, 0) is 42.5 Å². The third-order valence-corrected chi connectivity index (χ3v) is 5.37. The van der Waals surface area contributed by atoms with Gasteiger partial charge in [-0.2, -0.15) is 5.10 Å². The molecule has 0 atom stereocenters. The molecular weight excluding hydrogens is 361 g/mol. The minimum absolute atomic E-state index is 0.311. The second-order valence-corrected chi connectivity index (χ2v) is 7.14. The second kappa shape index (κ2) is 6.20. The fraction of sp³-hybridized carbons (Fsp3) is 0.111. The highest BCUT2D eigenvalue weighted by Gasteiger charge is 2.27. The van der Waals surface area contributed by atoms with Crippen molar-refractivity contribution in [2.45, 2.75) is 10.6 Å². The Labute approximate surface area is 153 Å². The number of halogens is 2. The number of amides is 1. The number of benzene rings is 2. The zero-order valence-corrected chi connectivity index (χ0v) is 14.8. The van der Waals surface area contributed by atoms with E-state index in [1.807, 2.05) is 25.2 Å². The Morgan fingerprint density at radius 3 is 2.80 bits per heavy atom. The van der Waals surface area contributed by atoms with E-state index in [1.165, 1.54) is 24.3 Å². The molecule has 3 aromatic rings. The quantitative estimate of drug-likeness (QED) is 0.705. The molecule has 25 heavy (non-hydrogen) atoms. The molecule has 126 valence electrons. The number of aryl methyl sites for hydroxylation is 1. The Balaban J connectivity index is 1.72. The molecule has 2 heterocycles. The summed E-state index contributed by atoms with van der Waals surface area (Å²) in [5.74, 6) is -0.00287. The van der Waals surface area contributed by atoms with Crippen LogP contribution in [-0.2, 0) is 12.8 Å². The van der Waals surface area contributed by atoms with Crippen molar-refractivity contribution in [3.63, 3.8) is 0 Å². The maximum Gasteiger partial charge on any atom is 0.276 e. The van der Waals surface area contributed by atoms with E-state index in [1.54, 1.807) is 16.4 Å². The number of hydrogen-bond donors (Lipinski definition) is 1. The summed E-state index contributed by atoms with van der Waals surface area (Å²) in [4.78, 5) is 13.8. The summed E-state index contributed by atoms with van der Waals surface area (Å²) in [5.41, 5.74) is 3.66. The van der Waals surface area contributed by atoms with Crippen LogP contribution >= 0.6 is 23.4 Å². The van der Waals surface area contributed by atoms with Gasteiger partial charge < -0.3 is 5.32 Å². The van der Waals surface area contributed by atoms with Gasteiger partial charge in [0.2, 0.25) is 0 Å². The largest absolute Gasteiger partial charge is 0.321 e. The van der Waals surface area contributed by atoms with E-state index in [-0.39, 0.29) is 11.7 Å². The van der Waals surface area contributed by atoms with E-state index in [0.29, 0.717) is 22.2 Å². The summed E-state index contributed by atoms with van der Waals surface area (Å²) in [6, 6.07) is 11.4. The lowest BCUT2D eigenvalue weighted by Crippen LogP contribution is -2.15. The third-order valence-electron chi connectivity index (χ3n) is 4.03. The van der Waals surface area contributed by atoms with Gasteiger partial charge in [-0.25, -0.2) is 4.39 Å². The molecule has 0 unspecified atom stereocenters. The normalized spacial score (nSPS) is 12.4. The lowest BCUT2D eigenvalue weighted by Gasteiger charge is -2.17. The molecule has 0 spiro atoms. The van der Waals surface area contributed by atoms with Gasteiger partial charge in [0.25, 0.3) is 5.91 Å². The van der Waals surface area contributed by atoms with E-state index >= 15 is 0 Å². The minimum atomic E-state index is -0.349. The maximum absolute atomic E-state index is 13.0. The molecule has 2 aromatic carbocycles. The van der Waals surface area contributed by atoms with Crippen molar-refractivity contribution in [2.24, 2.45) is 7.05 Å². The van der Waals surface area contributed by atoms with Gasteiger partial charge in [0.1, 0.15) is 5.82 Å².